The Bertz CT molecular complexity index is 1590. The molecule has 3 heterocycles. The third-order valence-electron chi connectivity index (χ3n) is 10.0. The number of epoxide rings is 1. The Morgan fingerprint density at radius 1 is 1.17 bits per heavy atom. The van der Waals surface area contributed by atoms with Crippen LogP contribution in [0.5, 0.6) is 0 Å². The highest BCUT2D eigenvalue weighted by atomic mass is 35.5. The Morgan fingerprint density at radius 3 is 2.57 bits per heavy atom. The standard InChI is InChI=1S/C38H54ClN3O12/c1-22-10-9-11-29(48-8)38(47)20-28(52-36(46)41-38)24(3)34-37(5,54-34)30(19-32(44)42(7)27-18-26(16-22)17-23(2)33(27)39)53-35(45)25(4)51-15-14-49-12-13-50-21-31(43)40-6/h9-11,17-18,24-25,28-30,34,47H,12-16,19-21H2,1-8H3,(H,40,43)(H,41,46)/b11-9+,22-10+/t24-,25+,28+,29-,30+,34+,37+,38+/m1/s1. The zero-order valence-electron chi connectivity index (χ0n) is 32.3. The zero-order valence-corrected chi connectivity index (χ0v) is 33.0. The number of esters is 1. The number of hydrogen-bond donors (Lipinski definition) is 3. The topological polar surface area (TPSA) is 184 Å². The van der Waals surface area contributed by atoms with Gasteiger partial charge in [-0.05, 0) is 51.3 Å². The van der Waals surface area contributed by atoms with Crippen LogP contribution < -0.4 is 15.5 Å². The maximum atomic E-state index is 14.0. The number of likely N-dealkylation sites (N-methyl/N-ethyl adjacent to an activating group) is 1. The van der Waals surface area contributed by atoms with Crippen LogP contribution in [0.1, 0.15) is 51.7 Å². The van der Waals surface area contributed by atoms with Crippen LogP contribution in [-0.4, -0.2) is 125 Å². The van der Waals surface area contributed by atoms with Gasteiger partial charge >= 0.3 is 12.1 Å². The number of anilines is 1. The van der Waals surface area contributed by atoms with Crippen molar-refractivity contribution in [1.82, 2.24) is 10.6 Å². The van der Waals surface area contributed by atoms with E-state index in [9.17, 15) is 24.3 Å². The predicted molar refractivity (Wildman–Crippen MR) is 198 cm³/mol. The maximum absolute atomic E-state index is 14.0. The summed E-state index contributed by atoms with van der Waals surface area (Å²) in [6.07, 6.45) is 0.230. The van der Waals surface area contributed by atoms with Crippen molar-refractivity contribution in [2.24, 2.45) is 5.92 Å². The molecule has 0 saturated carbocycles. The molecule has 3 amide bonds. The van der Waals surface area contributed by atoms with Gasteiger partial charge < -0.3 is 48.5 Å². The minimum atomic E-state index is -1.81. The molecule has 2 fully saturated rings. The number of nitrogens with zero attached hydrogens (tertiary/aromatic N) is 1. The Morgan fingerprint density at radius 2 is 1.87 bits per heavy atom. The lowest BCUT2D eigenvalue weighted by molar-refractivity contribution is -0.166. The fourth-order valence-electron chi connectivity index (χ4n) is 6.69. The van der Waals surface area contributed by atoms with Crippen LogP contribution in [0, 0.1) is 12.8 Å². The molecule has 8 atom stereocenters. The van der Waals surface area contributed by atoms with Crippen molar-refractivity contribution in [3.8, 4) is 0 Å². The number of methoxy groups -OCH3 is 1. The second-order valence-corrected chi connectivity index (χ2v) is 14.6. The summed E-state index contributed by atoms with van der Waals surface area (Å²) < 4.78 is 39.9. The summed E-state index contributed by atoms with van der Waals surface area (Å²) in [5, 5.41) is 17.1. The van der Waals surface area contributed by atoms with Crippen LogP contribution >= 0.6 is 11.6 Å². The molecule has 0 aliphatic carbocycles. The lowest BCUT2D eigenvalue weighted by Gasteiger charge is -2.42. The number of carbonyl (C=O) groups is 4. The Labute approximate surface area is 321 Å². The number of hydrogen-bond acceptors (Lipinski definition) is 12. The van der Waals surface area contributed by atoms with E-state index in [-0.39, 0.29) is 57.7 Å². The van der Waals surface area contributed by atoms with Crippen molar-refractivity contribution >= 4 is 41.2 Å². The van der Waals surface area contributed by atoms with E-state index in [4.69, 9.17) is 44.8 Å². The van der Waals surface area contributed by atoms with E-state index < -0.39 is 59.8 Å². The van der Waals surface area contributed by atoms with Crippen molar-refractivity contribution in [3.05, 3.63) is 52.1 Å². The van der Waals surface area contributed by atoms with E-state index in [1.54, 1.807) is 26.1 Å². The average Bonchev–Trinajstić information content (AvgIpc) is 3.82. The van der Waals surface area contributed by atoms with Crippen molar-refractivity contribution in [2.75, 3.05) is 59.1 Å². The van der Waals surface area contributed by atoms with E-state index in [2.05, 4.69) is 10.6 Å². The molecule has 0 unspecified atom stereocenters. The van der Waals surface area contributed by atoms with Gasteiger partial charge in [0.25, 0.3) is 0 Å². The average molecular weight is 780 g/mol. The normalized spacial score (nSPS) is 30.9. The highest BCUT2D eigenvalue weighted by Gasteiger charge is 2.64. The quantitative estimate of drug-likeness (QED) is 0.160. The molecule has 0 spiro atoms. The van der Waals surface area contributed by atoms with Crippen LogP contribution in [0.25, 0.3) is 0 Å². The number of amides is 3. The van der Waals surface area contributed by atoms with Crippen LogP contribution in [0.4, 0.5) is 10.5 Å². The first kappa shape index (κ1) is 43.2. The largest absolute Gasteiger partial charge is 0.457 e. The highest BCUT2D eigenvalue weighted by molar-refractivity contribution is 6.34. The molecule has 0 radical (unpaired) electrons. The summed E-state index contributed by atoms with van der Waals surface area (Å²) in [5.74, 6) is -1.85. The van der Waals surface area contributed by atoms with Gasteiger partial charge in [-0.3, -0.25) is 14.9 Å². The summed E-state index contributed by atoms with van der Waals surface area (Å²) in [5.41, 5.74) is 0.181. The van der Waals surface area contributed by atoms with E-state index in [1.165, 1.54) is 26.0 Å². The molecule has 300 valence electrons. The molecule has 3 N–H and O–H groups in total. The van der Waals surface area contributed by atoms with Gasteiger partial charge in [0.05, 0.1) is 49.7 Å². The van der Waals surface area contributed by atoms with Gasteiger partial charge in [0.15, 0.2) is 11.8 Å². The lowest BCUT2D eigenvalue weighted by atomic mass is 9.83. The minimum absolute atomic E-state index is 0.0374. The van der Waals surface area contributed by atoms with Gasteiger partial charge in [-0.2, -0.15) is 0 Å². The number of allylic oxidation sites excluding steroid dienone is 3. The van der Waals surface area contributed by atoms with Crippen LogP contribution in [-0.2, 0) is 54.0 Å². The summed E-state index contributed by atoms with van der Waals surface area (Å²) in [4.78, 5) is 53.0. The van der Waals surface area contributed by atoms with Crippen LogP contribution in [0.2, 0.25) is 5.02 Å². The third kappa shape index (κ3) is 10.8. The van der Waals surface area contributed by atoms with Crippen molar-refractivity contribution in [2.45, 2.75) is 95.7 Å². The molecule has 54 heavy (non-hydrogen) atoms. The van der Waals surface area contributed by atoms with Gasteiger partial charge in [-0.15, -0.1) is 0 Å². The Balaban J connectivity index is 1.57. The molecule has 4 rings (SSSR count). The first-order valence-corrected chi connectivity index (χ1v) is 18.4. The molecule has 1 aromatic carbocycles. The van der Waals surface area contributed by atoms with Crippen LogP contribution in [0.15, 0.2) is 35.9 Å². The Kier molecular flexibility index (Phi) is 15.1. The highest BCUT2D eigenvalue weighted by Crippen LogP contribution is 2.49. The number of alkyl carbamates (subject to hydrolysis) is 1. The predicted octanol–water partition coefficient (Wildman–Crippen LogP) is 3.15. The SMILES string of the molecule is CNC(=O)COCCOCCO[C@@H](C)C(=O)O[C@H]1CC(=O)N(C)c2cc(cc(C)c2Cl)C/C(C)=C/C=C/[C@@H](OC)[C@@]2(O)C[C@H](OC(=O)N2)[C@@H](C)[C@@H]2O[C@@]12C. The number of ether oxygens (including phenoxy) is 7. The second kappa shape index (κ2) is 18.8. The molecule has 4 bridgehead atoms. The fourth-order valence-corrected chi connectivity index (χ4v) is 6.92. The number of aryl methyl sites for hydroxylation is 1. The van der Waals surface area contributed by atoms with E-state index in [0.29, 0.717) is 17.1 Å². The summed E-state index contributed by atoms with van der Waals surface area (Å²) >= 11 is 6.76. The van der Waals surface area contributed by atoms with Crippen LogP contribution in [0.3, 0.4) is 0 Å². The third-order valence-corrected chi connectivity index (χ3v) is 10.5. The molecular formula is C38H54ClN3O12. The van der Waals surface area contributed by atoms with E-state index in [0.717, 1.165) is 16.7 Å². The number of fused-ring (bicyclic) bond motifs is 5. The second-order valence-electron chi connectivity index (χ2n) is 14.2. The van der Waals surface area contributed by atoms with Gasteiger partial charge in [-0.1, -0.05) is 48.4 Å². The fraction of sp³-hybridized carbons (Fsp3) is 0.632. The first-order valence-electron chi connectivity index (χ1n) is 18.0. The van der Waals surface area contributed by atoms with E-state index >= 15 is 0 Å². The van der Waals surface area contributed by atoms with Gasteiger partial charge in [-0.25, -0.2) is 9.59 Å². The first-order chi connectivity index (χ1) is 25.5. The summed E-state index contributed by atoms with van der Waals surface area (Å²) in [6, 6.07) is 3.81. The van der Waals surface area contributed by atoms with Crippen molar-refractivity contribution in [1.29, 1.82) is 0 Å². The molecule has 15 nitrogen and oxygen atoms in total. The molecule has 2 saturated heterocycles. The molecule has 3 aliphatic rings. The molecule has 1 aromatic rings. The molecular weight excluding hydrogens is 726 g/mol. The number of nitrogens with one attached hydrogen (secondary N) is 2. The molecule has 3 aliphatic heterocycles. The number of aliphatic hydroxyl groups is 1. The monoisotopic (exact) mass is 779 g/mol. The minimum Gasteiger partial charge on any atom is -0.457 e. The van der Waals surface area contributed by atoms with Crippen molar-refractivity contribution in [3.63, 3.8) is 0 Å². The van der Waals surface area contributed by atoms with Crippen molar-refractivity contribution < 1.29 is 57.4 Å². The number of halogens is 1. The summed E-state index contributed by atoms with van der Waals surface area (Å²) in [7, 11) is 4.57. The smallest absolute Gasteiger partial charge is 0.409 e. The van der Waals surface area contributed by atoms with E-state index in [1.807, 2.05) is 39.0 Å². The van der Waals surface area contributed by atoms with Gasteiger partial charge in [0.2, 0.25) is 11.8 Å². The lowest BCUT2D eigenvalue weighted by Crippen LogP contribution is -2.63. The number of carbonyl (C=O) groups excluding carboxylic acids is 4. The number of benzene rings is 1. The molecule has 16 heteroatoms. The summed E-state index contributed by atoms with van der Waals surface area (Å²) in [6.45, 7) is 9.46. The zero-order chi connectivity index (χ0) is 39.8. The maximum Gasteiger partial charge on any atom is 0.409 e. The van der Waals surface area contributed by atoms with Gasteiger partial charge in [0, 0.05) is 33.5 Å². The molecule has 0 aromatic heterocycles. The Hall–Kier alpha value is -3.57. The number of rotatable bonds is 12. The van der Waals surface area contributed by atoms with Gasteiger partial charge in [0.1, 0.15) is 30.5 Å².